The van der Waals surface area contributed by atoms with Crippen molar-refractivity contribution in [3.8, 4) is 0 Å². The zero-order chi connectivity index (χ0) is 16.8. The summed E-state index contributed by atoms with van der Waals surface area (Å²) in [5, 5.41) is 4.73. The van der Waals surface area contributed by atoms with E-state index >= 15 is 0 Å². The number of ether oxygens (including phenoxy) is 1. The number of aryl methyl sites for hydroxylation is 2. The van der Waals surface area contributed by atoms with E-state index in [1.54, 1.807) is 0 Å². The van der Waals surface area contributed by atoms with Gasteiger partial charge in [0.05, 0.1) is 0 Å². The molecule has 0 N–H and O–H groups in total. The molecule has 5 nitrogen and oxygen atoms in total. The Labute approximate surface area is 144 Å². The summed E-state index contributed by atoms with van der Waals surface area (Å²) in [6.45, 7) is 6.32. The first-order valence-corrected chi connectivity index (χ1v) is 9.00. The summed E-state index contributed by atoms with van der Waals surface area (Å²) in [6, 6.07) is 10.6. The van der Waals surface area contributed by atoms with Crippen LogP contribution in [-0.4, -0.2) is 46.4 Å². The predicted molar refractivity (Wildman–Crippen MR) is 95.0 cm³/mol. The van der Waals surface area contributed by atoms with Crippen LogP contribution in [-0.2, 0) is 24.3 Å². The van der Waals surface area contributed by atoms with Crippen LogP contribution in [0.2, 0.25) is 0 Å². The van der Waals surface area contributed by atoms with Gasteiger partial charge in [-0.15, -0.1) is 0 Å². The summed E-state index contributed by atoms with van der Waals surface area (Å²) in [6.07, 6.45) is 3.41. The van der Waals surface area contributed by atoms with Crippen molar-refractivity contribution in [2.75, 3.05) is 26.7 Å². The van der Waals surface area contributed by atoms with Gasteiger partial charge in [-0.2, -0.15) is 5.10 Å². The average molecular weight is 328 g/mol. The number of nitrogens with zero attached hydrogens (tertiary/aromatic N) is 4. The molecule has 0 saturated carbocycles. The molecule has 0 aliphatic carbocycles. The van der Waals surface area contributed by atoms with Gasteiger partial charge in [-0.3, -0.25) is 0 Å². The van der Waals surface area contributed by atoms with Gasteiger partial charge in [0.1, 0.15) is 12.4 Å². The molecule has 0 amide bonds. The lowest BCUT2D eigenvalue weighted by Gasteiger charge is -2.29. The van der Waals surface area contributed by atoms with E-state index in [9.17, 15) is 0 Å². The first-order chi connectivity index (χ1) is 11.8. The van der Waals surface area contributed by atoms with Gasteiger partial charge in [-0.1, -0.05) is 30.3 Å². The number of piperidine rings is 1. The minimum atomic E-state index is 0.474. The maximum Gasteiger partial charge on any atom is 0.176 e. The Bertz CT molecular complexity index is 626. The molecule has 0 bridgehead atoms. The van der Waals surface area contributed by atoms with Crippen LogP contribution in [0.15, 0.2) is 30.3 Å². The zero-order valence-corrected chi connectivity index (χ0v) is 14.8. The number of hydrogen-bond acceptors (Lipinski definition) is 4. The molecule has 3 rings (SSSR count). The molecule has 2 heterocycles. The quantitative estimate of drug-likeness (QED) is 0.784. The van der Waals surface area contributed by atoms with Crippen LogP contribution in [0.1, 0.15) is 42.9 Å². The first-order valence-electron chi connectivity index (χ1n) is 9.00. The Morgan fingerprint density at radius 2 is 2.08 bits per heavy atom. The second kappa shape index (κ2) is 8.40. The molecular formula is C19H28N4O. The van der Waals surface area contributed by atoms with E-state index in [-0.39, 0.29) is 0 Å². The molecule has 2 aromatic rings. The van der Waals surface area contributed by atoms with Gasteiger partial charge >= 0.3 is 0 Å². The van der Waals surface area contributed by atoms with Crippen molar-refractivity contribution in [1.82, 2.24) is 19.7 Å². The molecule has 1 aliphatic heterocycles. The lowest BCUT2D eigenvalue weighted by molar-refractivity contribution is 0.128. The highest BCUT2D eigenvalue weighted by molar-refractivity contribution is 5.15. The molecule has 130 valence electrons. The summed E-state index contributed by atoms with van der Waals surface area (Å²) in [4.78, 5) is 7.21. The summed E-state index contributed by atoms with van der Waals surface area (Å²) in [7, 11) is 2.19. The molecule has 1 fully saturated rings. The van der Waals surface area contributed by atoms with Crippen LogP contribution in [0.3, 0.4) is 0 Å². The van der Waals surface area contributed by atoms with Crippen molar-refractivity contribution in [1.29, 1.82) is 0 Å². The molecule has 1 saturated heterocycles. The van der Waals surface area contributed by atoms with E-state index < -0.39 is 0 Å². The molecule has 24 heavy (non-hydrogen) atoms. The highest BCUT2D eigenvalue weighted by atomic mass is 16.5. The lowest BCUT2D eigenvalue weighted by Crippen LogP contribution is -2.32. The van der Waals surface area contributed by atoms with Crippen molar-refractivity contribution in [2.45, 2.75) is 45.3 Å². The summed E-state index contributed by atoms with van der Waals surface area (Å²) in [5.41, 5.74) is 1.34. The number of aromatic nitrogens is 3. The van der Waals surface area contributed by atoms with Gasteiger partial charge in [0, 0.05) is 25.6 Å². The van der Waals surface area contributed by atoms with Crippen LogP contribution in [0, 0.1) is 0 Å². The third-order valence-electron chi connectivity index (χ3n) is 4.62. The predicted octanol–water partition coefficient (Wildman–Crippen LogP) is 2.87. The van der Waals surface area contributed by atoms with E-state index in [0.717, 1.165) is 31.2 Å². The van der Waals surface area contributed by atoms with Gasteiger partial charge in [0.15, 0.2) is 5.82 Å². The number of rotatable bonds is 7. The van der Waals surface area contributed by atoms with E-state index in [1.807, 2.05) is 6.92 Å². The smallest absolute Gasteiger partial charge is 0.176 e. The van der Waals surface area contributed by atoms with Gasteiger partial charge in [-0.25, -0.2) is 9.67 Å². The molecular weight excluding hydrogens is 300 g/mol. The Hall–Kier alpha value is -1.72. The largest absolute Gasteiger partial charge is 0.374 e. The molecule has 0 unspecified atom stereocenters. The molecule has 0 spiro atoms. The Kier molecular flexibility index (Phi) is 5.99. The third kappa shape index (κ3) is 4.42. The maximum atomic E-state index is 5.51. The Balaban J connectivity index is 1.75. The van der Waals surface area contributed by atoms with Crippen molar-refractivity contribution in [3.63, 3.8) is 0 Å². The number of likely N-dealkylation sites (N-methyl/N-ethyl adjacent to an activating group) is 1. The van der Waals surface area contributed by atoms with Gasteiger partial charge in [0.25, 0.3) is 0 Å². The van der Waals surface area contributed by atoms with E-state index in [2.05, 4.69) is 47.0 Å². The van der Waals surface area contributed by atoms with Crippen molar-refractivity contribution in [2.24, 2.45) is 0 Å². The molecule has 1 aromatic carbocycles. The number of hydrogen-bond donors (Lipinski definition) is 0. The normalized spacial score (nSPS) is 18.8. The van der Waals surface area contributed by atoms with Crippen LogP contribution in [0.25, 0.3) is 0 Å². The SMILES string of the molecule is CCOCc1nc([C@H]2CCCN(C)C2)n(CCc2ccccc2)n1. The monoisotopic (exact) mass is 328 g/mol. The zero-order valence-electron chi connectivity index (χ0n) is 14.8. The molecule has 1 aromatic heterocycles. The standard InChI is InChI=1S/C19H28N4O/c1-3-24-15-18-20-19(17-10-7-12-22(2)14-17)23(21-18)13-11-16-8-5-4-6-9-16/h4-6,8-9,17H,3,7,10-15H2,1-2H3/t17-/m0/s1. The van der Waals surface area contributed by atoms with Crippen LogP contribution >= 0.6 is 0 Å². The van der Waals surface area contributed by atoms with Gasteiger partial charge in [0.2, 0.25) is 0 Å². The fourth-order valence-electron chi connectivity index (χ4n) is 3.38. The summed E-state index contributed by atoms with van der Waals surface area (Å²) < 4.78 is 7.63. The average Bonchev–Trinajstić information content (AvgIpc) is 3.02. The number of benzene rings is 1. The summed E-state index contributed by atoms with van der Waals surface area (Å²) >= 11 is 0. The highest BCUT2D eigenvalue weighted by Crippen LogP contribution is 2.25. The number of likely N-dealkylation sites (tertiary alicyclic amines) is 1. The van der Waals surface area contributed by atoms with E-state index in [1.165, 1.54) is 24.9 Å². The lowest BCUT2D eigenvalue weighted by atomic mass is 9.97. The minimum absolute atomic E-state index is 0.474. The molecule has 0 radical (unpaired) electrons. The van der Waals surface area contributed by atoms with Gasteiger partial charge in [-0.05, 0) is 45.3 Å². The van der Waals surface area contributed by atoms with Crippen LogP contribution in [0.4, 0.5) is 0 Å². The highest BCUT2D eigenvalue weighted by Gasteiger charge is 2.24. The Morgan fingerprint density at radius 3 is 2.83 bits per heavy atom. The summed E-state index contributed by atoms with van der Waals surface area (Å²) in [5.74, 6) is 2.42. The third-order valence-corrected chi connectivity index (χ3v) is 4.62. The molecule has 5 heteroatoms. The fourth-order valence-corrected chi connectivity index (χ4v) is 3.38. The van der Waals surface area contributed by atoms with Crippen molar-refractivity contribution >= 4 is 0 Å². The molecule has 1 atom stereocenters. The second-order valence-corrected chi connectivity index (χ2v) is 6.58. The maximum absolute atomic E-state index is 5.51. The molecule has 1 aliphatic rings. The minimum Gasteiger partial charge on any atom is -0.374 e. The van der Waals surface area contributed by atoms with Gasteiger partial charge < -0.3 is 9.64 Å². The van der Waals surface area contributed by atoms with Crippen molar-refractivity contribution < 1.29 is 4.74 Å². The van der Waals surface area contributed by atoms with Crippen LogP contribution < -0.4 is 0 Å². The Morgan fingerprint density at radius 1 is 1.25 bits per heavy atom. The van der Waals surface area contributed by atoms with Crippen molar-refractivity contribution in [3.05, 3.63) is 47.5 Å². The first kappa shape index (κ1) is 17.1. The second-order valence-electron chi connectivity index (χ2n) is 6.58. The van der Waals surface area contributed by atoms with E-state index in [0.29, 0.717) is 19.1 Å². The topological polar surface area (TPSA) is 43.2 Å². The fraction of sp³-hybridized carbons (Fsp3) is 0.579. The van der Waals surface area contributed by atoms with E-state index in [4.69, 9.17) is 14.8 Å². The van der Waals surface area contributed by atoms with Crippen LogP contribution in [0.5, 0.6) is 0 Å².